The zero-order chi connectivity index (χ0) is 14.3. The molecule has 0 saturated carbocycles. The molecule has 0 aliphatic rings. The molecule has 3 nitrogen and oxygen atoms in total. The average Bonchev–Trinajstić information content (AvgIpc) is 3.02. The van der Waals surface area contributed by atoms with Gasteiger partial charge in [0.1, 0.15) is 0 Å². The van der Waals surface area contributed by atoms with Crippen LogP contribution in [-0.4, -0.2) is 10.5 Å². The number of hydrogen-bond donors (Lipinski definition) is 0. The molecule has 102 valence electrons. The van der Waals surface area contributed by atoms with E-state index in [1.54, 1.807) is 17.4 Å². The molecule has 0 bridgehead atoms. The van der Waals surface area contributed by atoms with Gasteiger partial charge in [-0.3, -0.25) is 4.79 Å². The van der Waals surface area contributed by atoms with E-state index in [4.69, 9.17) is 0 Å². The smallest absolute Gasteiger partial charge is 0.289 e. The number of nitrogens with zero attached hydrogens (tertiary/aromatic N) is 2. The molecule has 2 heterocycles. The van der Waals surface area contributed by atoms with Crippen molar-refractivity contribution in [1.82, 2.24) is 4.57 Å². The highest BCUT2D eigenvalue weighted by atomic mass is 32.1. The Morgan fingerprint density at radius 1 is 1.25 bits per heavy atom. The first-order valence-electron chi connectivity index (χ1n) is 6.25. The number of aryl methyl sites for hydroxylation is 3. The number of hydrogen-bond acceptors (Lipinski definition) is 3. The first kappa shape index (κ1) is 13.3. The fourth-order valence-electron chi connectivity index (χ4n) is 2.03. The van der Waals surface area contributed by atoms with Crippen LogP contribution in [0.1, 0.15) is 20.8 Å². The van der Waals surface area contributed by atoms with Gasteiger partial charge in [0, 0.05) is 7.05 Å². The monoisotopic (exact) mass is 302 g/mol. The van der Waals surface area contributed by atoms with Crippen LogP contribution in [0.25, 0.3) is 10.2 Å². The number of benzene rings is 1. The number of carbonyl (C=O) groups is 1. The predicted octanol–water partition coefficient (Wildman–Crippen LogP) is 3.66. The molecule has 0 spiro atoms. The van der Waals surface area contributed by atoms with Crippen LogP contribution in [0.4, 0.5) is 0 Å². The largest absolute Gasteiger partial charge is 0.319 e. The first-order valence-corrected chi connectivity index (χ1v) is 7.95. The van der Waals surface area contributed by atoms with Crippen molar-refractivity contribution in [2.45, 2.75) is 13.8 Å². The Morgan fingerprint density at radius 3 is 2.70 bits per heavy atom. The highest BCUT2D eigenvalue weighted by Gasteiger charge is 2.08. The van der Waals surface area contributed by atoms with Crippen molar-refractivity contribution < 1.29 is 4.79 Å². The number of thiazole rings is 1. The molecule has 5 heteroatoms. The van der Waals surface area contributed by atoms with Gasteiger partial charge in [0.2, 0.25) is 0 Å². The van der Waals surface area contributed by atoms with Gasteiger partial charge in [-0.25, -0.2) is 0 Å². The van der Waals surface area contributed by atoms with Gasteiger partial charge >= 0.3 is 0 Å². The summed E-state index contributed by atoms with van der Waals surface area (Å²) in [6.07, 6.45) is 0. The van der Waals surface area contributed by atoms with Crippen molar-refractivity contribution >= 4 is 38.8 Å². The van der Waals surface area contributed by atoms with E-state index in [1.165, 1.54) is 22.5 Å². The minimum atomic E-state index is -0.171. The summed E-state index contributed by atoms with van der Waals surface area (Å²) in [7, 11) is 1.95. The molecule has 0 aliphatic heterocycles. The molecule has 3 rings (SSSR count). The van der Waals surface area contributed by atoms with Crippen molar-refractivity contribution in [2.75, 3.05) is 0 Å². The van der Waals surface area contributed by atoms with E-state index in [-0.39, 0.29) is 5.91 Å². The second-order valence-electron chi connectivity index (χ2n) is 4.74. The molecule has 3 aromatic rings. The lowest BCUT2D eigenvalue weighted by Gasteiger charge is -2.00. The van der Waals surface area contributed by atoms with Crippen LogP contribution in [0.15, 0.2) is 34.6 Å². The van der Waals surface area contributed by atoms with E-state index in [0.29, 0.717) is 4.88 Å². The van der Waals surface area contributed by atoms with Gasteiger partial charge in [0.15, 0.2) is 4.80 Å². The van der Waals surface area contributed by atoms with Gasteiger partial charge in [0.25, 0.3) is 5.91 Å². The Labute approximate surface area is 124 Å². The number of rotatable bonds is 1. The number of aromatic nitrogens is 1. The maximum Gasteiger partial charge on any atom is 0.289 e. The van der Waals surface area contributed by atoms with Crippen LogP contribution in [0.2, 0.25) is 0 Å². The van der Waals surface area contributed by atoms with Crippen LogP contribution in [-0.2, 0) is 7.05 Å². The summed E-state index contributed by atoms with van der Waals surface area (Å²) in [5, 5.41) is 1.89. The molecular formula is C15H14N2OS2. The number of amides is 1. The molecule has 20 heavy (non-hydrogen) atoms. The van der Waals surface area contributed by atoms with Crippen molar-refractivity contribution in [3.8, 4) is 0 Å². The lowest BCUT2D eigenvalue weighted by atomic mass is 10.1. The quantitative estimate of drug-likeness (QED) is 0.675. The number of fused-ring (bicyclic) bond motifs is 1. The second kappa shape index (κ2) is 5.00. The van der Waals surface area contributed by atoms with E-state index in [0.717, 1.165) is 15.0 Å². The second-order valence-corrected chi connectivity index (χ2v) is 6.70. The molecule has 0 unspecified atom stereocenters. The maximum atomic E-state index is 12.1. The molecule has 0 saturated heterocycles. The summed E-state index contributed by atoms with van der Waals surface area (Å²) in [6, 6.07) is 7.98. The zero-order valence-electron chi connectivity index (χ0n) is 11.5. The van der Waals surface area contributed by atoms with E-state index < -0.39 is 0 Å². The SMILES string of the molecule is Cc1cc2sc(=NC(=O)c3cccs3)n(C)c2cc1C. The first-order chi connectivity index (χ1) is 9.56. The van der Waals surface area contributed by atoms with Crippen molar-refractivity contribution in [3.63, 3.8) is 0 Å². The summed E-state index contributed by atoms with van der Waals surface area (Å²) >= 11 is 2.97. The highest BCUT2D eigenvalue weighted by Crippen LogP contribution is 2.21. The van der Waals surface area contributed by atoms with E-state index >= 15 is 0 Å². The highest BCUT2D eigenvalue weighted by molar-refractivity contribution is 7.16. The lowest BCUT2D eigenvalue weighted by Crippen LogP contribution is -2.12. The molecule has 1 amide bonds. The normalized spacial score (nSPS) is 12.2. The van der Waals surface area contributed by atoms with E-state index in [2.05, 4.69) is 31.0 Å². The van der Waals surface area contributed by atoms with E-state index in [9.17, 15) is 4.79 Å². The maximum absolute atomic E-state index is 12.1. The topological polar surface area (TPSA) is 34.4 Å². The van der Waals surface area contributed by atoms with Crippen molar-refractivity contribution in [2.24, 2.45) is 12.0 Å². The minimum absolute atomic E-state index is 0.171. The molecule has 0 N–H and O–H groups in total. The molecule has 0 aliphatic carbocycles. The third kappa shape index (κ3) is 2.23. The summed E-state index contributed by atoms with van der Waals surface area (Å²) in [5.41, 5.74) is 3.63. The lowest BCUT2D eigenvalue weighted by molar-refractivity contribution is 0.100. The Bertz CT molecular complexity index is 854. The molecule has 0 fully saturated rings. The number of carbonyl (C=O) groups excluding carboxylic acids is 1. The van der Waals surface area contributed by atoms with Gasteiger partial charge in [-0.1, -0.05) is 17.4 Å². The number of thiophene rings is 1. The zero-order valence-corrected chi connectivity index (χ0v) is 13.1. The molecular weight excluding hydrogens is 288 g/mol. The van der Waals surface area contributed by atoms with Gasteiger partial charge in [-0.15, -0.1) is 11.3 Å². The van der Waals surface area contributed by atoms with Crippen molar-refractivity contribution in [1.29, 1.82) is 0 Å². The fourth-order valence-corrected chi connectivity index (χ4v) is 3.73. The third-order valence-corrected chi connectivity index (χ3v) is 5.31. The van der Waals surface area contributed by atoms with E-state index in [1.807, 2.05) is 23.1 Å². The Balaban J connectivity index is 2.17. The summed E-state index contributed by atoms with van der Waals surface area (Å²) < 4.78 is 3.14. The summed E-state index contributed by atoms with van der Waals surface area (Å²) in [4.78, 5) is 17.7. The third-order valence-electron chi connectivity index (χ3n) is 3.35. The van der Waals surface area contributed by atoms with Crippen LogP contribution in [0.5, 0.6) is 0 Å². The molecule has 1 aromatic carbocycles. The Morgan fingerprint density at radius 2 is 2.00 bits per heavy atom. The molecule has 2 aromatic heterocycles. The minimum Gasteiger partial charge on any atom is -0.319 e. The summed E-state index contributed by atoms with van der Waals surface area (Å²) in [6.45, 7) is 4.20. The fraction of sp³-hybridized carbons (Fsp3) is 0.200. The van der Waals surface area contributed by atoms with Gasteiger partial charge in [-0.2, -0.15) is 4.99 Å². The Kier molecular flexibility index (Phi) is 3.31. The Hall–Kier alpha value is -1.72. The van der Waals surface area contributed by atoms with Gasteiger partial charge in [0.05, 0.1) is 15.1 Å². The van der Waals surface area contributed by atoms with Crippen LogP contribution in [0.3, 0.4) is 0 Å². The van der Waals surface area contributed by atoms with Crippen LogP contribution >= 0.6 is 22.7 Å². The van der Waals surface area contributed by atoms with Gasteiger partial charge in [-0.05, 0) is 48.6 Å². The standard InChI is InChI=1S/C15H14N2OS2/c1-9-7-11-13(8-10(9)2)20-15(17(11)3)16-14(18)12-5-4-6-19-12/h4-8H,1-3H3. The molecule has 0 atom stereocenters. The van der Waals surface area contributed by atoms with Crippen molar-refractivity contribution in [3.05, 3.63) is 50.5 Å². The molecule has 0 radical (unpaired) electrons. The predicted molar refractivity (Wildman–Crippen MR) is 84.5 cm³/mol. The van der Waals surface area contributed by atoms with Crippen LogP contribution < -0.4 is 4.80 Å². The summed E-state index contributed by atoms with van der Waals surface area (Å²) in [5.74, 6) is -0.171. The average molecular weight is 302 g/mol. The van der Waals surface area contributed by atoms with Gasteiger partial charge < -0.3 is 4.57 Å². The van der Waals surface area contributed by atoms with Crippen LogP contribution in [0, 0.1) is 13.8 Å².